The van der Waals surface area contributed by atoms with E-state index in [0.29, 0.717) is 25.6 Å². The average molecular weight is 331 g/mol. The molecule has 2 saturated heterocycles. The van der Waals surface area contributed by atoms with Crippen LogP contribution >= 0.6 is 0 Å². The molecular formula is C19H29N3O2. The highest BCUT2D eigenvalue weighted by Crippen LogP contribution is 2.24. The van der Waals surface area contributed by atoms with Gasteiger partial charge in [-0.1, -0.05) is 37.3 Å². The van der Waals surface area contributed by atoms with Crippen LogP contribution in [0.5, 0.6) is 0 Å². The van der Waals surface area contributed by atoms with Gasteiger partial charge in [-0.25, -0.2) is 0 Å². The number of amides is 1. The van der Waals surface area contributed by atoms with Crippen molar-refractivity contribution in [2.24, 2.45) is 11.7 Å². The summed E-state index contributed by atoms with van der Waals surface area (Å²) in [6.07, 6.45) is 1.70. The zero-order chi connectivity index (χ0) is 16.9. The number of carbonyl (C=O) groups is 1. The molecule has 2 N–H and O–H groups in total. The van der Waals surface area contributed by atoms with Gasteiger partial charge in [0.05, 0.1) is 6.61 Å². The number of nitrogens with zero attached hydrogens (tertiary/aromatic N) is 2. The Morgan fingerprint density at radius 2 is 2.08 bits per heavy atom. The summed E-state index contributed by atoms with van der Waals surface area (Å²) in [4.78, 5) is 17.2. The van der Waals surface area contributed by atoms with E-state index in [-0.39, 0.29) is 18.1 Å². The first-order chi connectivity index (χ1) is 11.7. The van der Waals surface area contributed by atoms with Gasteiger partial charge < -0.3 is 15.4 Å². The van der Waals surface area contributed by atoms with Gasteiger partial charge in [-0.3, -0.25) is 9.69 Å². The fourth-order valence-corrected chi connectivity index (χ4v) is 3.79. The van der Waals surface area contributed by atoms with E-state index in [1.54, 1.807) is 0 Å². The maximum absolute atomic E-state index is 12.9. The van der Waals surface area contributed by atoms with Gasteiger partial charge in [0.25, 0.3) is 5.91 Å². The summed E-state index contributed by atoms with van der Waals surface area (Å²) in [5.41, 5.74) is 7.18. The van der Waals surface area contributed by atoms with Crippen LogP contribution in [0.3, 0.4) is 0 Å². The van der Waals surface area contributed by atoms with Gasteiger partial charge >= 0.3 is 0 Å². The number of likely N-dealkylation sites (tertiary alicyclic amines) is 1. The molecule has 3 atom stereocenters. The van der Waals surface area contributed by atoms with E-state index in [9.17, 15) is 4.79 Å². The minimum absolute atomic E-state index is 0.120. The Labute approximate surface area is 144 Å². The molecule has 132 valence electrons. The van der Waals surface area contributed by atoms with Gasteiger partial charge in [-0.2, -0.15) is 0 Å². The zero-order valence-electron chi connectivity index (χ0n) is 14.6. The van der Waals surface area contributed by atoms with Gasteiger partial charge in [-0.15, -0.1) is 0 Å². The van der Waals surface area contributed by atoms with Crippen molar-refractivity contribution in [2.45, 2.75) is 38.5 Å². The van der Waals surface area contributed by atoms with E-state index >= 15 is 0 Å². The molecule has 5 nitrogen and oxygen atoms in total. The van der Waals surface area contributed by atoms with E-state index in [1.165, 1.54) is 5.56 Å². The zero-order valence-corrected chi connectivity index (χ0v) is 14.6. The predicted molar refractivity (Wildman–Crippen MR) is 94.4 cm³/mol. The number of rotatable bonds is 4. The summed E-state index contributed by atoms with van der Waals surface area (Å²) in [5, 5.41) is 0. The van der Waals surface area contributed by atoms with E-state index < -0.39 is 0 Å². The number of hydrogen-bond donors (Lipinski definition) is 1. The van der Waals surface area contributed by atoms with Crippen molar-refractivity contribution in [2.75, 3.05) is 32.8 Å². The van der Waals surface area contributed by atoms with Crippen LogP contribution in [0.2, 0.25) is 0 Å². The van der Waals surface area contributed by atoms with Crippen molar-refractivity contribution in [3.63, 3.8) is 0 Å². The minimum Gasteiger partial charge on any atom is -0.366 e. The first kappa shape index (κ1) is 17.4. The molecule has 1 aromatic rings. The largest absolute Gasteiger partial charge is 0.366 e. The predicted octanol–water partition coefficient (Wildman–Crippen LogP) is 1.47. The summed E-state index contributed by atoms with van der Waals surface area (Å²) < 4.78 is 5.81. The Balaban J connectivity index is 1.60. The third kappa shape index (κ3) is 4.15. The average Bonchev–Trinajstić information content (AvgIpc) is 2.62. The van der Waals surface area contributed by atoms with Gasteiger partial charge in [0, 0.05) is 38.8 Å². The summed E-state index contributed by atoms with van der Waals surface area (Å²) in [6.45, 7) is 6.60. The summed E-state index contributed by atoms with van der Waals surface area (Å²) in [7, 11) is 0. The molecule has 2 heterocycles. The van der Waals surface area contributed by atoms with Gasteiger partial charge in [0.15, 0.2) is 0 Å². The molecule has 0 aliphatic carbocycles. The van der Waals surface area contributed by atoms with Gasteiger partial charge in [-0.05, 0) is 24.3 Å². The Morgan fingerprint density at radius 3 is 2.83 bits per heavy atom. The highest BCUT2D eigenvalue weighted by molar-refractivity contribution is 5.81. The standard InChI is InChI=1S/C19H29N3O2/c1-15-7-8-22(17(11-15)12-20)19(23)18-14-21(9-10-24-18)13-16-5-3-2-4-6-16/h2-6,15,17-18H,7-14,20H2,1H3. The Kier molecular flexibility index (Phi) is 5.87. The normalized spacial score (nSPS) is 28.8. The van der Waals surface area contributed by atoms with Gasteiger partial charge in [0.2, 0.25) is 0 Å². The van der Waals surface area contributed by atoms with Crippen LogP contribution in [0, 0.1) is 5.92 Å². The van der Waals surface area contributed by atoms with Crippen LogP contribution in [0.4, 0.5) is 0 Å². The highest BCUT2D eigenvalue weighted by atomic mass is 16.5. The van der Waals surface area contributed by atoms with E-state index in [2.05, 4.69) is 36.1 Å². The van der Waals surface area contributed by atoms with Crippen LogP contribution in [-0.2, 0) is 16.1 Å². The van der Waals surface area contributed by atoms with Crippen molar-refractivity contribution in [3.8, 4) is 0 Å². The number of nitrogens with two attached hydrogens (primary N) is 1. The number of hydrogen-bond acceptors (Lipinski definition) is 4. The second-order valence-electron chi connectivity index (χ2n) is 7.13. The fraction of sp³-hybridized carbons (Fsp3) is 0.632. The molecule has 24 heavy (non-hydrogen) atoms. The smallest absolute Gasteiger partial charge is 0.253 e. The number of carbonyl (C=O) groups excluding carboxylic acids is 1. The third-order valence-corrected chi connectivity index (χ3v) is 5.21. The minimum atomic E-state index is -0.357. The quantitative estimate of drug-likeness (QED) is 0.908. The lowest BCUT2D eigenvalue weighted by atomic mass is 9.92. The molecule has 0 saturated carbocycles. The summed E-state index contributed by atoms with van der Waals surface area (Å²) in [5.74, 6) is 0.763. The molecule has 0 radical (unpaired) electrons. The molecule has 3 unspecified atom stereocenters. The Bertz CT molecular complexity index is 537. The lowest BCUT2D eigenvalue weighted by molar-refractivity contribution is -0.153. The second-order valence-corrected chi connectivity index (χ2v) is 7.13. The molecule has 1 aromatic carbocycles. The Hall–Kier alpha value is -1.43. The molecule has 0 bridgehead atoms. The summed E-state index contributed by atoms with van der Waals surface area (Å²) >= 11 is 0. The van der Waals surface area contributed by atoms with Crippen molar-refractivity contribution >= 4 is 5.91 Å². The van der Waals surface area contributed by atoms with Crippen LogP contribution in [-0.4, -0.2) is 60.6 Å². The first-order valence-corrected chi connectivity index (χ1v) is 9.05. The van der Waals surface area contributed by atoms with Crippen LogP contribution in [0.15, 0.2) is 30.3 Å². The molecule has 0 spiro atoms. The highest BCUT2D eigenvalue weighted by Gasteiger charge is 2.35. The summed E-state index contributed by atoms with van der Waals surface area (Å²) in [6, 6.07) is 10.6. The number of morpholine rings is 1. The fourth-order valence-electron chi connectivity index (χ4n) is 3.79. The van der Waals surface area contributed by atoms with E-state index in [0.717, 1.165) is 32.5 Å². The van der Waals surface area contributed by atoms with Crippen molar-refractivity contribution in [3.05, 3.63) is 35.9 Å². The maximum Gasteiger partial charge on any atom is 0.253 e. The molecular weight excluding hydrogens is 302 g/mol. The molecule has 2 aliphatic heterocycles. The second kappa shape index (κ2) is 8.10. The van der Waals surface area contributed by atoms with E-state index in [4.69, 9.17) is 10.5 Å². The van der Waals surface area contributed by atoms with Crippen LogP contribution in [0.1, 0.15) is 25.3 Å². The van der Waals surface area contributed by atoms with E-state index in [1.807, 2.05) is 11.0 Å². The third-order valence-electron chi connectivity index (χ3n) is 5.21. The lowest BCUT2D eigenvalue weighted by Crippen LogP contribution is -2.56. The van der Waals surface area contributed by atoms with Crippen molar-refractivity contribution in [1.29, 1.82) is 0 Å². The van der Waals surface area contributed by atoms with Crippen LogP contribution < -0.4 is 5.73 Å². The first-order valence-electron chi connectivity index (χ1n) is 9.05. The SMILES string of the molecule is CC1CCN(C(=O)C2CN(Cc3ccccc3)CCO2)C(CN)C1. The topological polar surface area (TPSA) is 58.8 Å². The Morgan fingerprint density at radius 1 is 1.29 bits per heavy atom. The van der Waals surface area contributed by atoms with Crippen LogP contribution in [0.25, 0.3) is 0 Å². The number of benzene rings is 1. The maximum atomic E-state index is 12.9. The van der Waals surface area contributed by atoms with Crippen molar-refractivity contribution < 1.29 is 9.53 Å². The number of ether oxygens (including phenoxy) is 1. The molecule has 5 heteroatoms. The molecule has 2 aliphatic rings. The number of piperidine rings is 1. The molecule has 0 aromatic heterocycles. The monoisotopic (exact) mass is 331 g/mol. The lowest BCUT2D eigenvalue weighted by Gasteiger charge is -2.41. The molecule has 3 rings (SSSR count). The van der Waals surface area contributed by atoms with Crippen molar-refractivity contribution in [1.82, 2.24) is 9.80 Å². The van der Waals surface area contributed by atoms with Gasteiger partial charge in [0.1, 0.15) is 6.10 Å². The molecule has 2 fully saturated rings. The molecule has 1 amide bonds.